The number of hydrogen-bond acceptors (Lipinski definition) is 5. The lowest BCUT2D eigenvalue weighted by Crippen LogP contribution is -2.05. The van der Waals surface area contributed by atoms with Crippen LogP contribution in [-0.4, -0.2) is 10.9 Å². The van der Waals surface area contributed by atoms with Gasteiger partial charge in [-0.1, -0.05) is 40.9 Å². The van der Waals surface area contributed by atoms with E-state index in [2.05, 4.69) is 0 Å². The average molecular weight is 453 g/mol. The van der Waals surface area contributed by atoms with Gasteiger partial charge in [0.25, 0.3) is 0 Å². The first-order valence-electron chi connectivity index (χ1n) is 8.16. The van der Waals surface area contributed by atoms with Crippen LogP contribution in [0.15, 0.2) is 60.7 Å². The van der Waals surface area contributed by atoms with Gasteiger partial charge in [-0.2, -0.15) is 0 Å². The summed E-state index contributed by atoms with van der Waals surface area (Å²) in [4.78, 5) is 22.9. The third-order valence-electron chi connectivity index (χ3n) is 3.78. The lowest BCUT2D eigenvalue weighted by atomic mass is 10.2. The van der Waals surface area contributed by atoms with Crippen molar-refractivity contribution in [3.05, 3.63) is 97.0 Å². The molecule has 148 valence electrons. The van der Waals surface area contributed by atoms with E-state index in [-0.39, 0.29) is 28.8 Å². The number of esters is 1. The van der Waals surface area contributed by atoms with Crippen molar-refractivity contribution in [2.45, 2.75) is 6.61 Å². The molecule has 0 heterocycles. The maximum Gasteiger partial charge on any atom is 0.338 e. The third kappa shape index (κ3) is 5.38. The molecule has 3 aromatic carbocycles. The fraction of sp³-hybridized carbons (Fsp3) is 0.0500. The monoisotopic (exact) mass is 451 g/mol. The van der Waals surface area contributed by atoms with Crippen molar-refractivity contribution < 1.29 is 19.2 Å². The maximum absolute atomic E-state index is 12.1. The third-order valence-corrected chi connectivity index (χ3v) is 4.57. The molecule has 29 heavy (non-hydrogen) atoms. The molecule has 0 aliphatic rings. The molecule has 0 bridgehead atoms. The summed E-state index contributed by atoms with van der Waals surface area (Å²) in [5.41, 5.74) is 0.450. The van der Waals surface area contributed by atoms with Crippen LogP contribution in [0.4, 0.5) is 5.69 Å². The van der Waals surface area contributed by atoms with Crippen molar-refractivity contribution in [3.8, 4) is 11.5 Å². The molecule has 0 aliphatic carbocycles. The Hall–Kier alpha value is -2.80. The SMILES string of the molecule is O=C(OCc1ccc(Oc2ccc(Cl)cc2Cl)c([N+](=O)[O-])c1)c1ccc(Cl)cc1. The van der Waals surface area contributed by atoms with Gasteiger partial charge in [0, 0.05) is 16.1 Å². The Balaban J connectivity index is 1.76. The zero-order valence-electron chi connectivity index (χ0n) is 14.6. The second kappa shape index (κ2) is 9.13. The highest BCUT2D eigenvalue weighted by atomic mass is 35.5. The van der Waals surface area contributed by atoms with Crippen LogP contribution in [0.5, 0.6) is 11.5 Å². The molecule has 0 unspecified atom stereocenters. The van der Waals surface area contributed by atoms with Gasteiger partial charge in [0.15, 0.2) is 0 Å². The number of benzene rings is 3. The Morgan fingerprint density at radius 1 is 0.897 bits per heavy atom. The smallest absolute Gasteiger partial charge is 0.338 e. The standard InChI is InChI=1S/C20H12Cl3NO5/c21-14-4-2-13(3-5-14)20(25)28-11-12-1-7-19(17(9-12)24(26)27)29-18-8-6-15(22)10-16(18)23/h1-10H,11H2. The number of hydrogen-bond donors (Lipinski definition) is 0. The first-order valence-corrected chi connectivity index (χ1v) is 9.30. The summed E-state index contributed by atoms with van der Waals surface area (Å²) in [5, 5.41) is 12.6. The van der Waals surface area contributed by atoms with Crippen LogP contribution in [0.3, 0.4) is 0 Å². The predicted octanol–water partition coefficient (Wildman–Crippen LogP) is 6.70. The molecule has 3 aromatic rings. The van der Waals surface area contributed by atoms with Crippen molar-refractivity contribution in [1.82, 2.24) is 0 Å². The minimum atomic E-state index is -0.594. The fourth-order valence-electron chi connectivity index (χ4n) is 2.38. The van der Waals surface area contributed by atoms with Crippen LogP contribution in [0.25, 0.3) is 0 Å². The van der Waals surface area contributed by atoms with Crippen molar-refractivity contribution in [1.29, 1.82) is 0 Å². The van der Waals surface area contributed by atoms with Gasteiger partial charge < -0.3 is 9.47 Å². The highest BCUT2D eigenvalue weighted by Gasteiger charge is 2.19. The molecule has 0 amide bonds. The number of nitro benzene ring substituents is 1. The number of carbonyl (C=O) groups excluding carboxylic acids is 1. The van der Waals surface area contributed by atoms with E-state index in [9.17, 15) is 14.9 Å². The summed E-state index contributed by atoms with van der Waals surface area (Å²) in [6.07, 6.45) is 0. The summed E-state index contributed by atoms with van der Waals surface area (Å²) < 4.78 is 10.8. The lowest BCUT2D eigenvalue weighted by Gasteiger charge is -2.10. The quantitative estimate of drug-likeness (QED) is 0.236. The molecule has 0 N–H and O–H groups in total. The van der Waals surface area contributed by atoms with Crippen molar-refractivity contribution in [3.63, 3.8) is 0 Å². The minimum absolute atomic E-state index is 0.00741. The van der Waals surface area contributed by atoms with E-state index in [1.165, 1.54) is 36.4 Å². The minimum Gasteiger partial charge on any atom is -0.457 e. The highest BCUT2D eigenvalue weighted by molar-refractivity contribution is 6.35. The van der Waals surface area contributed by atoms with Crippen LogP contribution < -0.4 is 4.74 Å². The van der Waals surface area contributed by atoms with E-state index in [0.717, 1.165) is 0 Å². The molecule has 3 rings (SSSR count). The Kier molecular flexibility index (Phi) is 6.59. The lowest BCUT2D eigenvalue weighted by molar-refractivity contribution is -0.385. The largest absolute Gasteiger partial charge is 0.457 e. The summed E-state index contributed by atoms with van der Waals surface area (Å²) in [5.74, 6) is -0.356. The normalized spacial score (nSPS) is 10.4. The zero-order chi connectivity index (χ0) is 21.0. The summed E-state index contributed by atoms with van der Waals surface area (Å²) in [7, 11) is 0. The zero-order valence-corrected chi connectivity index (χ0v) is 16.9. The summed E-state index contributed by atoms with van der Waals surface area (Å²) in [6.45, 7) is -0.149. The van der Waals surface area contributed by atoms with Gasteiger partial charge in [-0.25, -0.2) is 4.79 Å². The van der Waals surface area contributed by atoms with Crippen LogP contribution in [0.2, 0.25) is 15.1 Å². The first kappa shape index (κ1) is 20.9. The van der Waals surface area contributed by atoms with Gasteiger partial charge in [0.05, 0.1) is 15.5 Å². The molecule has 9 heteroatoms. The fourth-order valence-corrected chi connectivity index (χ4v) is 2.95. The second-order valence-electron chi connectivity index (χ2n) is 5.82. The van der Waals surface area contributed by atoms with Gasteiger partial charge >= 0.3 is 11.7 Å². The number of nitro groups is 1. The van der Waals surface area contributed by atoms with E-state index in [1.54, 1.807) is 24.3 Å². The molecular weight excluding hydrogens is 441 g/mol. The number of nitrogens with zero attached hydrogens (tertiary/aromatic N) is 1. The Bertz CT molecular complexity index is 1070. The molecule has 0 spiro atoms. The van der Waals surface area contributed by atoms with Gasteiger partial charge in [-0.05, 0) is 54.1 Å². The Labute approximate surface area is 180 Å². The number of carbonyl (C=O) groups is 1. The van der Waals surface area contributed by atoms with Crippen molar-refractivity contribution in [2.24, 2.45) is 0 Å². The van der Waals surface area contributed by atoms with Crippen molar-refractivity contribution >= 4 is 46.5 Å². The van der Waals surface area contributed by atoms with E-state index in [0.29, 0.717) is 21.2 Å². The average Bonchev–Trinajstić information content (AvgIpc) is 2.69. The molecule has 0 fully saturated rings. The number of rotatable bonds is 6. The first-order chi connectivity index (χ1) is 13.8. The number of halogens is 3. The van der Waals surface area contributed by atoms with Gasteiger partial charge in [-0.3, -0.25) is 10.1 Å². The molecule has 0 aliphatic heterocycles. The van der Waals surface area contributed by atoms with Crippen LogP contribution >= 0.6 is 34.8 Å². The van der Waals surface area contributed by atoms with E-state index in [1.807, 2.05) is 0 Å². The van der Waals surface area contributed by atoms with E-state index < -0.39 is 10.9 Å². The Morgan fingerprint density at radius 3 is 2.21 bits per heavy atom. The molecule has 0 saturated carbocycles. The van der Waals surface area contributed by atoms with Crippen LogP contribution in [-0.2, 0) is 11.3 Å². The maximum atomic E-state index is 12.1. The summed E-state index contributed by atoms with van der Waals surface area (Å²) >= 11 is 17.7. The van der Waals surface area contributed by atoms with Gasteiger partial charge in [0.2, 0.25) is 5.75 Å². The molecule has 6 nitrogen and oxygen atoms in total. The highest BCUT2D eigenvalue weighted by Crippen LogP contribution is 2.36. The molecule has 0 aromatic heterocycles. The van der Waals surface area contributed by atoms with Gasteiger partial charge in [-0.15, -0.1) is 0 Å². The molecular formula is C20H12Cl3NO5. The van der Waals surface area contributed by atoms with E-state index in [4.69, 9.17) is 44.3 Å². The molecule has 0 radical (unpaired) electrons. The van der Waals surface area contributed by atoms with Crippen LogP contribution in [0, 0.1) is 10.1 Å². The molecule has 0 atom stereocenters. The van der Waals surface area contributed by atoms with Gasteiger partial charge in [0.1, 0.15) is 12.4 Å². The Morgan fingerprint density at radius 2 is 1.55 bits per heavy atom. The molecule has 0 saturated heterocycles. The van der Waals surface area contributed by atoms with Crippen LogP contribution in [0.1, 0.15) is 15.9 Å². The number of ether oxygens (including phenoxy) is 2. The predicted molar refractivity (Wildman–Crippen MR) is 110 cm³/mol. The van der Waals surface area contributed by atoms with Crippen molar-refractivity contribution in [2.75, 3.05) is 0 Å². The summed E-state index contributed by atoms with van der Waals surface area (Å²) in [6, 6.07) is 15.0. The van der Waals surface area contributed by atoms with E-state index >= 15 is 0 Å². The topological polar surface area (TPSA) is 78.7 Å². The second-order valence-corrected chi connectivity index (χ2v) is 7.10.